The molecule has 1 aromatic heterocycles. The number of rotatable bonds is 5. The molecule has 0 fully saturated rings. The number of pyridine rings is 1. The lowest BCUT2D eigenvalue weighted by Gasteiger charge is -2.18. The number of nitrogens with zero attached hydrogens (tertiary/aromatic N) is 2. The Hall–Kier alpha value is -1.29. The lowest BCUT2D eigenvalue weighted by molar-refractivity contribution is 0.390. The predicted octanol–water partition coefficient (Wildman–Crippen LogP) is 1.42. The smallest absolute Gasteiger partial charge is 0.146 e. The first kappa shape index (κ1) is 11.8. The minimum atomic E-state index is 0.402. The maximum atomic E-state index is 5.74. The normalized spacial score (nSPS) is 12.8. The summed E-state index contributed by atoms with van der Waals surface area (Å²) in [6, 6.07) is 4.24. The van der Waals surface area contributed by atoms with Gasteiger partial charge in [-0.2, -0.15) is 0 Å². The van der Waals surface area contributed by atoms with Gasteiger partial charge in [0.2, 0.25) is 0 Å². The van der Waals surface area contributed by atoms with E-state index in [9.17, 15) is 0 Å². The largest absolute Gasteiger partial charge is 0.382 e. The minimum Gasteiger partial charge on any atom is -0.382 e. The molecule has 1 unspecified atom stereocenters. The van der Waals surface area contributed by atoms with E-state index in [0.717, 1.165) is 18.7 Å². The molecule has 0 saturated carbocycles. The van der Waals surface area contributed by atoms with Crippen molar-refractivity contribution in [1.29, 1.82) is 0 Å². The average Bonchev–Trinajstić information content (AvgIpc) is 2.18. The van der Waals surface area contributed by atoms with Crippen LogP contribution in [0, 0.1) is 0 Å². The second kappa shape index (κ2) is 5.56. The minimum absolute atomic E-state index is 0.402. The summed E-state index contributed by atoms with van der Waals surface area (Å²) < 4.78 is 0. The summed E-state index contributed by atoms with van der Waals surface area (Å²) in [5.74, 6) is 0.564. The van der Waals surface area contributed by atoms with Gasteiger partial charge >= 0.3 is 0 Å². The maximum absolute atomic E-state index is 5.74. The highest BCUT2D eigenvalue weighted by Gasteiger charge is 2.04. The Kier molecular flexibility index (Phi) is 4.37. The van der Waals surface area contributed by atoms with Gasteiger partial charge in [0, 0.05) is 12.2 Å². The van der Waals surface area contributed by atoms with Gasteiger partial charge in [-0.3, -0.25) is 0 Å². The molecule has 15 heavy (non-hydrogen) atoms. The van der Waals surface area contributed by atoms with E-state index < -0.39 is 0 Å². The number of anilines is 2. The van der Waals surface area contributed by atoms with Crippen molar-refractivity contribution in [2.75, 3.05) is 31.7 Å². The van der Waals surface area contributed by atoms with Crippen molar-refractivity contribution in [3.63, 3.8) is 0 Å². The summed E-state index contributed by atoms with van der Waals surface area (Å²) in [6.07, 6.45) is 2.78. The van der Waals surface area contributed by atoms with Crippen LogP contribution in [0.2, 0.25) is 0 Å². The topological polar surface area (TPSA) is 54.2 Å². The summed E-state index contributed by atoms with van der Waals surface area (Å²) in [5, 5.41) is 3.35. The number of aromatic nitrogens is 1. The number of hydrogen-bond acceptors (Lipinski definition) is 4. The Balaban J connectivity index is 2.44. The van der Waals surface area contributed by atoms with Crippen LogP contribution >= 0.6 is 0 Å². The van der Waals surface area contributed by atoms with E-state index in [1.807, 2.05) is 12.1 Å². The summed E-state index contributed by atoms with van der Waals surface area (Å²) in [6.45, 7) is 3.21. The zero-order valence-corrected chi connectivity index (χ0v) is 9.70. The summed E-state index contributed by atoms with van der Waals surface area (Å²) in [7, 11) is 4.15. The Morgan fingerprint density at radius 1 is 1.53 bits per heavy atom. The summed E-state index contributed by atoms with van der Waals surface area (Å²) in [4.78, 5) is 6.20. The summed E-state index contributed by atoms with van der Waals surface area (Å²) in [5.41, 5.74) is 6.66. The molecule has 1 aromatic rings. The van der Waals surface area contributed by atoms with Crippen molar-refractivity contribution < 1.29 is 0 Å². The fourth-order valence-electron chi connectivity index (χ4n) is 1.33. The molecule has 0 saturated heterocycles. The van der Waals surface area contributed by atoms with Gasteiger partial charge in [-0.25, -0.2) is 4.98 Å². The van der Waals surface area contributed by atoms with E-state index in [1.165, 1.54) is 0 Å². The molecule has 0 aromatic carbocycles. The molecule has 0 aliphatic rings. The molecule has 0 bridgehead atoms. The van der Waals surface area contributed by atoms with Gasteiger partial charge in [0.15, 0.2) is 0 Å². The highest BCUT2D eigenvalue weighted by molar-refractivity contribution is 5.61. The Labute approximate surface area is 91.5 Å². The standard InChI is InChI=1S/C11H20N4/c1-9(6-8-15(2)3)14-10-5-4-7-13-11(10)12/h4-5,7,9,14H,6,8H2,1-3H3,(H2,12,13). The number of nitrogens with one attached hydrogen (secondary N) is 1. The number of hydrogen-bond donors (Lipinski definition) is 2. The monoisotopic (exact) mass is 208 g/mol. The van der Waals surface area contributed by atoms with E-state index in [2.05, 4.69) is 36.2 Å². The van der Waals surface area contributed by atoms with Crippen molar-refractivity contribution in [2.24, 2.45) is 0 Å². The first-order valence-electron chi connectivity index (χ1n) is 5.21. The van der Waals surface area contributed by atoms with Crippen LogP contribution in [0.15, 0.2) is 18.3 Å². The molecule has 0 spiro atoms. The zero-order valence-electron chi connectivity index (χ0n) is 9.70. The quantitative estimate of drug-likeness (QED) is 0.768. The molecule has 84 valence electrons. The van der Waals surface area contributed by atoms with Crippen molar-refractivity contribution in [3.8, 4) is 0 Å². The molecule has 4 nitrogen and oxygen atoms in total. The van der Waals surface area contributed by atoms with Crippen LogP contribution in [-0.4, -0.2) is 36.6 Å². The number of nitrogen functional groups attached to an aromatic ring is 1. The van der Waals surface area contributed by atoms with Crippen molar-refractivity contribution in [1.82, 2.24) is 9.88 Å². The van der Waals surface area contributed by atoms with Gasteiger partial charge in [0.05, 0.1) is 5.69 Å². The molecular weight excluding hydrogens is 188 g/mol. The maximum Gasteiger partial charge on any atom is 0.146 e. The molecule has 1 heterocycles. The lowest BCUT2D eigenvalue weighted by atomic mass is 10.2. The van der Waals surface area contributed by atoms with Crippen LogP contribution < -0.4 is 11.1 Å². The fraction of sp³-hybridized carbons (Fsp3) is 0.545. The van der Waals surface area contributed by atoms with Gasteiger partial charge < -0.3 is 16.0 Å². The van der Waals surface area contributed by atoms with Gasteiger partial charge in [0.25, 0.3) is 0 Å². The summed E-state index contributed by atoms with van der Waals surface area (Å²) >= 11 is 0. The molecule has 1 rings (SSSR count). The molecular formula is C11H20N4. The van der Waals surface area contributed by atoms with Gasteiger partial charge in [-0.05, 0) is 46.1 Å². The Morgan fingerprint density at radius 2 is 2.27 bits per heavy atom. The van der Waals surface area contributed by atoms with Crippen LogP contribution in [0.4, 0.5) is 11.5 Å². The van der Waals surface area contributed by atoms with Crippen LogP contribution in [0.5, 0.6) is 0 Å². The molecule has 4 heteroatoms. The fourth-order valence-corrected chi connectivity index (χ4v) is 1.33. The van der Waals surface area contributed by atoms with E-state index in [4.69, 9.17) is 5.73 Å². The molecule has 0 radical (unpaired) electrons. The van der Waals surface area contributed by atoms with Crippen molar-refractivity contribution >= 4 is 11.5 Å². The van der Waals surface area contributed by atoms with Crippen molar-refractivity contribution in [2.45, 2.75) is 19.4 Å². The Morgan fingerprint density at radius 3 is 2.87 bits per heavy atom. The van der Waals surface area contributed by atoms with Crippen molar-refractivity contribution in [3.05, 3.63) is 18.3 Å². The lowest BCUT2D eigenvalue weighted by Crippen LogP contribution is -2.23. The SMILES string of the molecule is CC(CCN(C)C)Nc1cccnc1N. The van der Waals surface area contributed by atoms with Crippen LogP contribution in [0.3, 0.4) is 0 Å². The third-order valence-electron chi connectivity index (χ3n) is 2.25. The predicted molar refractivity (Wildman–Crippen MR) is 64.9 cm³/mol. The molecule has 0 amide bonds. The average molecular weight is 208 g/mol. The van der Waals surface area contributed by atoms with E-state index in [-0.39, 0.29) is 0 Å². The zero-order chi connectivity index (χ0) is 11.3. The molecule has 0 aliphatic heterocycles. The van der Waals surface area contributed by atoms with Crippen LogP contribution in [0.25, 0.3) is 0 Å². The van der Waals surface area contributed by atoms with E-state index in [0.29, 0.717) is 11.9 Å². The second-order valence-corrected chi connectivity index (χ2v) is 4.07. The van der Waals surface area contributed by atoms with Gasteiger partial charge in [-0.15, -0.1) is 0 Å². The van der Waals surface area contributed by atoms with E-state index in [1.54, 1.807) is 6.20 Å². The van der Waals surface area contributed by atoms with Crippen LogP contribution in [0.1, 0.15) is 13.3 Å². The van der Waals surface area contributed by atoms with Crippen LogP contribution in [-0.2, 0) is 0 Å². The third-order valence-corrected chi connectivity index (χ3v) is 2.25. The molecule has 0 aliphatic carbocycles. The Bertz CT molecular complexity index is 298. The number of nitrogens with two attached hydrogens (primary N) is 1. The highest BCUT2D eigenvalue weighted by atomic mass is 15.1. The van der Waals surface area contributed by atoms with Gasteiger partial charge in [-0.1, -0.05) is 0 Å². The molecule has 3 N–H and O–H groups in total. The third kappa shape index (κ3) is 4.16. The highest BCUT2D eigenvalue weighted by Crippen LogP contribution is 2.15. The van der Waals surface area contributed by atoms with Gasteiger partial charge in [0.1, 0.15) is 5.82 Å². The second-order valence-electron chi connectivity index (χ2n) is 4.07. The first-order chi connectivity index (χ1) is 7.09. The first-order valence-corrected chi connectivity index (χ1v) is 5.21. The molecule has 1 atom stereocenters. The van der Waals surface area contributed by atoms with E-state index >= 15 is 0 Å².